The Morgan fingerprint density at radius 1 is 1.35 bits per heavy atom. The van der Waals surface area contributed by atoms with Crippen LogP contribution in [0.1, 0.15) is 12.0 Å². The SMILES string of the molecule is COc1ccc(CN2CC(C(=O)N(C)C)CC2=O)cc1. The molecule has 1 unspecified atom stereocenters. The second-order valence-corrected chi connectivity index (χ2v) is 5.26. The summed E-state index contributed by atoms with van der Waals surface area (Å²) >= 11 is 0. The topological polar surface area (TPSA) is 49.9 Å². The first-order valence-corrected chi connectivity index (χ1v) is 6.63. The van der Waals surface area contributed by atoms with Crippen LogP contribution in [0.3, 0.4) is 0 Å². The van der Waals surface area contributed by atoms with E-state index in [0.717, 1.165) is 11.3 Å². The molecule has 5 heteroatoms. The summed E-state index contributed by atoms with van der Waals surface area (Å²) < 4.78 is 5.10. The van der Waals surface area contributed by atoms with Gasteiger partial charge in [0.2, 0.25) is 11.8 Å². The van der Waals surface area contributed by atoms with Crippen LogP contribution >= 0.6 is 0 Å². The first kappa shape index (κ1) is 14.4. The Hall–Kier alpha value is -2.04. The van der Waals surface area contributed by atoms with Gasteiger partial charge >= 0.3 is 0 Å². The molecule has 0 N–H and O–H groups in total. The van der Waals surface area contributed by atoms with E-state index in [2.05, 4.69) is 0 Å². The molecule has 2 rings (SSSR count). The maximum absolute atomic E-state index is 12.0. The Balaban J connectivity index is 1.99. The van der Waals surface area contributed by atoms with Gasteiger partial charge in [-0.2, -0.15) is 0 Å². The second kappa shape index (κ2) is 5.94. The minimum absolute atomic E-state index is 0.0237. The Bertz CT molecular complexity index is 496. The van der Waals surface area contributed by atoms with E-state index >= 15 is 0 Å². The number of carbonyl (C=O) groups is 2. The van der Waals surface area contributed by atoms with Crippen LogP contribution < -0.4 is 4.74 Å². The molecule has 1 heterocycles. The van der Waals surface area contributed by atoms with Crippen LogP contribution in [0.25, 0.3) is 0 Å². The summed E-state index contributed by atoms with van der Waals surface area (Å²) in [7, 11) is 5.06. The van der Waals surface area contributed by atoms with Gasteiger partial charge in [-0.1, -0.05) is 12.1 Å². The third-order valence-corrected chi connectivity index (χ3v) is 3.54. The largest absolute Gasteiger partial charge is 0.497 e. The van der Waals surface area contributed by atoms with E-state index in [4.69, 9.17) is 4.74 Å². The zero-order valence-electron chi connectivity index (χ0n) is 12.1. The highest BCUT2D eigenvalue weighted by atomic mass is 16.5. The second-order valence-electron chi connectivity index (χ2n) is 5.26. The summed E-state index contributed by atoms with van der Waals surface area (Å²) in [5.74, 6) is 0.648. The normalized spacial score (nSPS) is 18.2. The molecule has 0 aliphatic carbocycles. The van der Waals surface area contributed by atoms with Crippen molar-refractivity contribution in [3.05, 3.63) is 29.8 Å². The Morgan fingerprint density at radius 2 is 2.00 bits per heavy atom. The molecule has 1 aromatic rings. The molecule has 5 nitrogen and oxygen atoms in total. The highest BCUT2D eigenvalue weighted by Gasteiger charge is 2.34. The molecular weight excluding hydrogens is 256 g/mol. The van der Waals surface area contributed by atoms with Gasteiger partial charge in [-0.05, 0) is 17.7 Å². The monoisotopic (exact) mass is 276 g/mol. The maximum Gasteiger partial charge on any atom is 0.227 e. The van der Waals surface area contributed by atoms with Crippen LogP contribution in [0.5, 0.6) is 5.75 Å². The van der Waals surface area contributed by atoms with Gasteiger partial charge in [-0.25, -0.2) is 0 Å². The molecule has 1 aromatic carbocycles. The van der Waals surface area contributed by atoms with Crippen molar-refractivity contribution < 1.29 is 14.3 Å². The molecule has 108 valence electrons. The summed E-state index contributed by atoms with van der Waals surface area (Å²) in [5, 5.41) is 0. The van der Waals surface area contributed by atoms with Crippen molar-refractivity contribution in [2.45, 2.75) is 13.0 Å². The van der Waals surface area contributed by atoms with E-state index < -0.39 is 0 Å². The fraction of sp³-hybridized carbons (Fsp3) is 0.467. The Labute approximate surface area is 119 Å². The maximum atomic E-state index is 12.0. The fourth-order valence-electron chi connectivity index (χ4n) is 2.41. The van der Waals surface area contributed by atoms with Crippen LogP contribution in [0.15, 0.2) is 24.3 Å². The molecular formula is C15H20N2O3. The van der Waals surface area contributed by atoms with Crippen molar-refractivity contribution in [3.8, 4) is 5.75 Å². The summed E-state index contributed by atoms with van der Waals surface area (Å²) in [6, 6.07) is 7.62. The third-order valence-electron chi connectivity index (χ3n) is 3.54. The van der Waals surface area contributed by atoms with Crippen molar-refractivity contribution in [1.82, 2.24) is 9.80 Å². The van der Waals surface area contributed by atoms with Crippen molar-refractivity contribution in [1.29, 1.82) is 0 Å². The summed E-state index contributed by atoms with van der Waals surface area (Å²) in [6.45, 7) is 1.04. The Morgan fingerprint density at radius 3 is 2.55 bits per heavy atom. The number of likely N-dealkylation sites (tertiary alicyclic amines) is 1. The van der Waals surface area contributed by atoms with Crippen LogP contribution in [0.4, 0.5) is 0 Å². The smallest absolute Gasteiger partial charge is 0.227 e. The van der Waals surface area contributed by atoms with Crippen LogP contribution in [-0.4, -0.2) is 49.4 Å². The predicted molar refractivity (Wildman–Crippen MR) is 75.2 cm³/mol. The van der Waals surface area contributed by atoms with Gasteiger partial charge in [-0.15, -0.1) is 0 Å². The lowest BCUT2D eigenvalue weighted by molar-refractivity contribution is -0.133. The van der Waals surface area contributed by atoms with Gasteiger partial charge in [-0.3, -0.25) is 9.59 Å². The summed E-state index contributed by atoms with van der Waals surface area (Å²) in [5.41, 5.74) is 1.04. The predicted octanol–water partition coefficient (Wildman–Crippen LogP) is 1.13. The van der Waals surface area contributed by atoms with Crippen molar-refractivity contribution in [2.24, 2.45) is 5.92 Å². The molecule has 0 aromatic heterocycles. The molecule has 1 fully saturated rings. The van der Waals surface area contributed by atoms with Crippen LogP contribution in [0, 0.1) is 5.92 Å². The number of hydrogen-bond acceptors (Lipinski definition) is 3. The molecule has 0 radical (unpaired) electrons. The molecule has 2 amide bonds. The van der Waals surface area contributed by atoms with E-state index in [0.29, 0.717) is 19.5 Å². The molecule has 1 aliphatic heterocycles. The van der Waals surface area contributed by atoms with E-state index in [1.807, 2.05) is 24.3 Å². The lowest BCUT2D eigenvalue weighted by Crippen LogP contribution is -2.31. The number of nitrogens with zero attached hydrogens (tertiary/aromatic N) is 2. The minimum Gasteiger partial charge on any atom is -0.497 e. The number of ether oxygens (including phenoxy) is 1. The zero-order valence-corrected chi connectivity index (χ0v) is 12.1. The van der Waals surface area contributed by atoms with Crippen LogP contribution in [0.2, 0.25) is 0 Å². The molecule has 0 bridgehead atoms. The van der Waals surface area contributed by atoms with Gasteiger partial charge in [0.05, 0.1) is 13.0 Å². The average Bonchev–Trinajstić information content (AvgIpc) is 2.80. The summed E-state index contributed by atoms with van der Waals surface area (Å²) in [4.78, 5) is 27.2. The quantitative estimate of drug-likeness (QED) is 0.828. The molecule has 20 heavy (non-hydrogen) atoms. The van der Waals surface area contributed by atoms with Gasteiger partial charge in [0.15, 0.2) is 0 Å². The number of benzene rings is 1. The van der Waals surface area contributed by atoms with Crippen molar-refractivity contribution in [2.75, 3.05) is 27.7 Å². The lowest BCUT2D eigenvalue weighted by atomic mass is 10.1. The van der Waals surface area contributed by atoms with Crippen molar-refractivity contribution in [3.63, 3.8) is 0 Å². The standard InChI is InChI=1S/C15H20N2O3/c1-16(2)15(19)12-8-14(18)17(10-12)9-11-4-6-13(20-3)7-5-11/h4-7,12H,8-10H2,1-3H3. The molecule has 1 saturated heterocycles. The number of hydrogen-bond donors (Lipinski definition) is 0. The first-order valence-electron chi connectivity index (χ1n) is 6.63. The number of amides is 2. The Kier molecular flexibility index (Phi) is 4.27. The molecule has 1 atom stereocenters. The van der Waals surface area contributed by atoms with E-state index in [-0.39, 0.29) is 17.7 Å². The highest BCUT2D eigenvalue weighted by molar-refractivity contribution is 5.89. The van der Waals surface area contributed by atoms with Gasteiger partial charge in [0, 0.05) is 33.6 Å². The molecule has 0 spiro atoms. The number of methoxy groups -OCH3 is 1. The molecule has 1 aliphatic rings. The third kappa shape index (κ3) is 3.10. The molecule has 0 saturated carbocycles. The van der Waals surface area contributed by atoms with Gasteiger partial charge < -0.3 is 14.5 Å². The van der Waals surface area contributed by atoms with Gasteiger partial charge in [0.1, 0.15) is 5.75 Å². The summed E-state index contributed by atoms with van der Waals surface area (Å²) in [6.07, 6.45) is 0.313. The fourth-order valence-corrected chi connectivity index (χ4v) is 2.41. The zero-order chi connectivity index (χ0) is 14.7. The van der Waals surface area contributed by atoms with E-state index in [1.54, 1.807) is 31.0 Å². The van der Waals surface area contributed by atoms with Crippen LogP contribution in [-0.2, 0) is 16.1 Å². The van der Waals surface area contributed by atoms with E-state index in [9.17, 15) is 9.59 Å². The lowest BCUT2D eigenvalue weighted by Gasteiger charge is -2.18. The first-order chi connectivity index (χ1) is 9.51. The minimum atomic E-state index is -0.212. The van der Waals surface area contributed by atoms with Gasteiger partial charge in [0.25, 0.3) is 0 Å². The van der Waals surface area contributed by atoms with E-state index in [1.165, 1.54) is 0 Å². The highest BCUT2D eigenvalue weighted by Crippen LogP contribution is 2.22. The average molecular weight is 276 g/mol. The van der Waals surface area contributed by atoms with Crippen molar-refractivity contribution >= 4 is 11.8 Å². The number of carbonyl (C=O) groups excluding carboxylic acids is 2. The number of rotatable bonds is 4.